The van der Waals surface area contributed by atoms with Crippen molar-refractivity contribution in [2.75, 3.05) is 13.1 Å². The van der Waals surface area contributed by atoms with Crippen LogP contribution in [0.15, 0.2) is 24.3 Å². The van der Waals surface area contributed by atoms with Gasteiger partial charge in [0.1, 0.15) is 0 Å². The Morgan fingerprint density at radius 2 is 1.89 bits per heavy atom. The van der Waals surface area contributed by atoms with E-state index in [1.54, 1.807) is 0 Å². The molecule has 1 aromatic rings. The van der Waals surface area contributed by atoms with Crippen molar-refractivity contribution in [1.29, 1.82) is 0 Å². The van der Waals surface area contributed by atoms with Crippen LogP contribution >= 0.6 is 0 Å². The fourth-order valence-corrected chi connectivity index (χ4v) is 2.80. The highest BCUT2D eigenvalue weighted by Crippen LogP contribution is 2.42. The molecule has 2 heteroatoms. The van der Waals surface area contributed by atoms with E-state index in [1.165, 1.54) is 36.8 Å². The first-order valence-corrected chi connectivity index (χ1v) is 7.82. The fourth-order valence-electron chi connectivity index (χ4n) is 2.80. The number of nitrogens with one attached hydrogen (secondary N) is 1. The second-order valence-electron chi connectivity index (χ2n) is 5.78. The molecular weight excluding hydrogens is 232 g/mol. The van der Waals surface area contributed by atoms with Crippen LogP contribution in [0.1, 0.15) is 62.6 Å². The van der Waals surface area contributed by atoms with E-state index in [2.05, 4.69) is 43.4 Å². The molecule has 0 saturated heterocycles. The molecular formula is C17H28N2. The minimum Gasteiger partial charge on any atom is -0.329 e. The van der Waals surface area contributed by atoms with Crippen molar-refractivity contribution in [3.63, 3.8) is 0 Å². The van der Waals surface area contributed by atoms with E-state index in [4.69, 9.17) is 5.73 Å². The quantitative estimate of drug-likeness (QED) is 0.749. The normalized spacial score (nSPS) is 16.8. The Balaban J connectivity index is 2.04. The van der Waals surface area contributed by atoms with E-state index >= 15 is 0 Å². The van der Waals surface area contributed by atoms with E-state index < -0.39 is 0 Å². The lowest BCUT2D eigenvalue weighted by atomic mass is 9.96. The smallest absolute Gasteiger partial charge is 0.0447 e. The highest BCUT2D eigenvalue weighted by molar-refractivity contribution is 5.35. The van der Waals surface area contributed by atoms with E-state index in [0.717, 1.165) is 18.4 Å². The van der Waals surface area contributed by atoms with Gasteiger partial charge in [-0.25, -0.2) is 0 Å². The minimum absolute atomic E-state index is 0.317. The summed E-state index contributed by atoms with van der Waals surface area (Å²) in [5.74, 6) is 1.56. The summed E-state index contributed by atoms with van der Waals surface area (Å²) in [6, 6.07) is 9.16. The first-order chi connectivity index (χ1) is 9.30. The first-order valence-electron chi connectivity index (χ1n) is 7.82. The van der Waals surface area contributed by atoms with Crippen LogP contribution in [-0.2, 0) is 0 Å². The monoisotopic (exact) mass is 260 g/mol. The van der Waals surface area contributed by atoms with Gasteiger partial charge in [0.25, 0.3) is 0 Å². The lowest BCUT2D eigenvalue weighted by Gasteiger charge is -2.23. The highest BCUT2D eigenvalue weighted by Gasteiger charge is 2.27. The summed E-state index contributed by atoms with van der Waals surface area (Å²) in [5, 5.41) is 3.69. The second-order valence-corrected chi connectivity index (χ2v) is 5.78. The lowest BCUT2D eigenvalue weighted by Crippen LogP contribution is -2.32. The molecule has 0 bridgehead atoms. The topological polar surface area (TPSA) is 38.0 Å². The maximum Gasteiger partial charge on any atom is 0.0447 e. The molecule has 1 fully saturated rings. The van der Waals surface area contributed by atoms with Gasteiger partial charge >= 0.3 is 0 Å². The maximum absolute atomic E-state index is 6.00. The summed E-state index contributed by atoms with van der Waals surface area (Å²) < 4.78 is 0. The molecule has 3 N–H and O–H groups in total. The molecule has 0 spiro atoms. The molecule has 106 valence electrons. The number of nitrogens with two attached hydrogens (primary N) is 1. The lowest BCUT2D eigenvalue weighted by molar-refractivity contribution is 0.413. The molecule has 0 aliphatic heterocycles. The molecule has 0 radical (unpaired) electrons. The molecule has 2 nitrogen and oxygen atoms in total. The van der Waals surface area contributed by atoms with Crippen LogP contribution in [0.4, 0.5) is 0 Å². The van der Waals surface area contributed by atoms with Gasteiger partial charge in [0, 0.05) is 12.6 Å². The molecule has 1 atom stereocenters. The minimum atomic E-state index is 0.317. The van der Waals surface area contributed by atoms with E-state index in [-0.39, 0.29) is 0 Å². The fraction of sp³-hybridized carbons (Fsp3) is 0.647. The first kappa shape index (κ1) is 14.5. The van der Waals surface area contributed by atoms with Crippen LogP contribution in [0.2, 0.25) is 0 Å². The van der Waals surface area contributed by atoms with Crippen molar-refractivity contribution in [2.24, 2.45) is 11.7 Å². The van der Waals surface area contributed by atoms with Crippen LogP contribution in [0.25, 0.3) is 0 Å². The van der Waals surface area contributed by atoms with Crippen molar-refractivity contribution in [3.05, 3.63) is 35.4 Å². The zero-order valence-electron chi connectivity index (χ0n) is 12.4. The van der Waals surface area contributed by atoms with Gasteiger partial charge in [-0.05, 0) is 42.3 Å². The Hall–Kier alpha value is -0.860. The standard InChI is InChI=1S/C17H28N2/c1-3-13(4-2)12-19-17(11-18)16-8-6-5-7-15(16)14-9-10-14/h5-8,13-14,17,19H,3-4,9-12,18H2,1-2H3. The van der Waals surface area contributed by atoms with E-state index in [0.29, 0.717) is 12.6 Å². The summed E-state index contributed by atoms with van der Waals surface area (Å²) in [4.78, 5) is 0. The summed E-state index contributed by atoms with van der Waals surface area (Å²) in [6.45, 7) is 6.30. The van der Waals surface area contributed by atoms with Crippen molar-refractivity contribution in [2.45, 2.75) is 51.5 Å². The maximum atomic E-state index is 6.00. The molecule has 1 aliphatic carbocycles. The van der Waals surface area contributed by atoms with Crippen molar-refractivity contribution in [1.82, 2.24) is 5.32 Å². The van der Waals surface area contributed by atoms with Crippen molar-refractivity contribution >= 4 is 0 Å². The van der Waals surface area contributed by atoms with Gasteiger partial charge in [-0.15, -0.1) is 0 Å². The van der Waals surface area contributed by atoms with Gasteiger partial charge in [-0.1, -0.05) is 51.0 Å². The van der Waals surface area contributed by atoms with Crippen LogP contribution in [0.3, 0.4) is 0 Å². The van der Waals surface area contributed by atoms with Gasteiger partial charge in [0.05, 0.1) is 0 Å². The SMILES string of the molecule is CCC(CC)CNC(CN)c1ccccc1C1CC1. The molecule has 1 aliphatic rings. The van der Waals surface area contributed by atoms with Gasteiger partial charge in [-0.2, -0.15) is 0 Å². The van der Waals surface area contributed by atoms with Crippen LogP contribution < -0.4 is 11.1 Å². The van der Waals surface area contributed by atoms with Gasteiger partial charge in [0.2, 0.25) is 0 Å². The van der Waals surface area contributed by atoms with Crippen LogP contribution in [0, 0.1) is 5.92 Å². The third-order valence-electron chi connectivity index (χ3n) is 4.43. The third kappa shape index (κ3) is 3.80. The number of rotatable bonds is 8. The zero-order valence-corrected chi connectivity index (χ0v) is 12.4. The second kappa shape index (κ2) is 7.06. The zero-order chi connectivity index (χ0) is 13.7. The summed E-state index contributed by atoms with van der Waals surface area (Å²) in [6.07, 6.45) is 5.18. The highest BCUT2D eigenvalue weighted by atomic mass is 14.9. The predicted octanol–water partition coefficient (Wildman–Crippen LogP) is 3.59. The summed E-state index contributed by atoms with van der Waals surface area (Å²) >= 11 is 0. The Morgan fingerprint density at radius 1 is 1.21 bits per heavy atom. The number of benzene rings is 1. The largest absolute Gasteiger partial charge is 0.329 e. The van der Waals surface area contributed by atoms with Gasteiger partial charge < -0.3 is 11.1 Å². The Kier molecular flexibility index (Phi) is 5.41. The average molecular weight is 260 g/mol. The number of hydrogen-bond acceptors (Lipinski definition) is 2. The molecule has 0 amide bonds. The van der Waals surface area contributed by atoms with Gasteiger partial charge in [-0.3, -0.25) is 0 Å². The Labute approximate surface area is 117 Å². The third-order valence-corrected chi connectivity index (χ3v) is 4.43. The Morgan fingerprint density at radius 3 is 2.47 bits per heavy atom. The molecule has 0 aromatic heterocycles. The van der Waals surface area contributed by atoms with Crippen LogP contribution in [-0.4, -0.2) is 13.1 Å². The molecule has 19 heavy (non-hydrogen) atoms. The van der Waals surface area contributed by atoms with E-state index in [9.17, 15) is 0 Å². The van der Waals surface area contributed by atoms with E-state index in [1.807, 2.05) is 0 Å². The molecule has 1 aromatic carbocycles. The van der Waals surface area contributed by atoms with Crippen LogP contribution in [0.5, 0.6) is 0 Å². The molecule has 1 unspecified atom stereocenters. The van der Waals surface area contributed by atoms with Gasteiger partial charge in [0.15, 0.2) is 0 Å². The summed E-state index contributed by atoms with van der Waals surface area (Å²) in [7, 11) is 0. The van der Waals surface area contributed by atoms with Crippen molar-refractivity contribution < 1.29 is 0 Å². The molecule has 0 heterocycles. The summed E-state index contributed by atoms with van der Waals surface area (Å²) in [5.41, 5.74) is 8.95. The predicted molar refractivity (Wildman–Crippen MR) is 82.3 cm³/mol. The Bertz CT molecular complexity index is 381. The average Bonchev–Trinajstić information content (AvgIpc) is 3.29. The number of hydrogen-bond donors (Lipinski definition) is 2. The van der Waals surface area contributed by atoms with Crippen molar-refractivity contribution in [3.8, 4) is 0 Å². The molecule has 2 rings (SSSR count). The molecule has 1 saturated carbocycles.